The van der Waals surface area contributed by atoms with E-state index in [0.717, 1.165) is 30.4 Å². The number of thioether (sulfide) groups is 1. The molecule has 1 aromatic heterocycles. The van der Waals surface area contributed by atoms with Crippen LogP contribution in [0.5, 0.6) is 0 Å². The molecule has 1 fully saturated rings. The van der Waals surface area contributed by atoms with Crippen LogP contribution in [0.3, 0.4) is 0 Å². The number of hydrogen-bond acceptors (Lipinski definition) is 6. The molecule has 2 heterocycles. The molecule has 192 valence electrons. The molecule has 0 aliphatic carbocycles. The predicted octanol–water partition coefficient (Wildman–Crippen LogP) is 4.96. The van der Waals surface area contributed by atoms with E-state index in [1.165, 1.54) is 31.4 Å². The third-order valence-corrected chi connectivity index (χ3v) is 8.88. The third kappa shape index (κ3) is 7.20. The van der Waals surface area contributed by atoms with Crippen molar-refractivity contribution in [1.82, 2.24) is 24.4 Å². The number of hydrogen-bond donors (Lipinski definition) is 1. The summed E-state index contributed by atoms with van der Waals surface area (Å²) in [7, 11) is -3.83. The lowest BCUT2D eigenvalue weighted by Gasteiger charge is -2.27. The summed E-state index contributed by atoms with van der Waals surface area (Å²) in [4.78, 5) is 2.62. The van der Waals surface area contributed by atoms with Gasteiger partial charge in [-0.15, -0.1) is 16.8 Å². The molecule has 4 rings (SSSR count). The monoisotopic (exact) mass is 545 g/mol. The van der Waals surface area contributed by atoms with Gasteiger partial charge < -0.3 is 9.47 Å². The van der Waals surface area contributed by atoms with Gasteiger partial charge in [0, 0.05) is 23.9 Å². The normalized spacial score (nSPS) is 15.6. The average molecular weight is 546 g/mol. The van der Waals surface area contributed by atoms with Crippen LogP contribution in [0.2, 0.25) is 5.02 Å². The van der Waals surface area contributed by atoms with Crippen molar-refractivity contribution in [2.24, 2.45) is 0 Å². The molecule has 2 aromatic carbocycles. The number of piperidine rings is 1. The molecule has 0 radical (unpaired) electrons. The maximum atomic E-state index is 13.4. The fraction of sp³-hybridized carbons (Fsp3) is 0.385. The van der Waals surface area contributed by atoms with Gasteiger partial charge in [0.1, 0.15) is 0 Å². The lowest BCUT2D eigenvalue weighted by molar-refractivity contribution is 0.217. The van der Waals surface area contributed by atoms with Gasteiger partial charge in [-0.25, -0.2) is 13.1 Å². The van der Waals surface area contributed by atoms with E-state index in [4.69, 9.17) is 11.6 Å². The Kier molecular flexibility index (Phi) is 9.61. The van der Waals surface area contributed by atoms with Crippen molar-refractivity contribution in [3.05, 3.63) is 83.7 Å². The van der Waals surface area contributed by atoms with E-state index < -0.39 is 16.1 Å². The lowest BCUT2D eigenvalue weighted by Crippen LogP contribution is -2.35. The van der Waals surface area contributed by atoms with E-state index >= 15 is 0 Å². The Morgan fingerprint density at radius 3 is 2.44 bits per heavy atom. The van der Waals surface area contributed by atoms with Crippen molar-refractivity contribution in [1.29, 1.82) is 0 Å². The fourth-order valence-electron chi connectivity index (χ4n) is 4.34. The summed E-state index contributed by atoms with van der Waals surface area (Å²) in [6, 6.07) is 15.4. The molecule has 3 aromatic rings. The summed E-state index contributed by atoms with van der Waals surface area (Å²) < 4.78 is 31.7. The number of aromatic nitrogens is 3. The van der Waals surface area contributed by atoms with E-state index in [1.807, 2.05) is 36.4 Å². The van der Waals surface area contributed by atoms with Gasteiger partial charge in [-0.3, -0.25) is 0 Å². The molecule has 0 amide bonds. The van der Waals surface area contributed by atoms with E-state index in [9.17, 15) is 8.42 Å². The molecule has 1 N–H and O–H groups in total. The van der Waals surface area contributed by atoms with Gasteiger partial charge in [0.15, 0.2) is 11.0 Å². The van der Waals surface area contributed by atoms with Gasteiger partial charge in [0.25, 0.3) is 0 Å². The smallest absolute Gasteiger partial charge is 0.241 e. The van der Waals surface area contributed by atoms with Crippen LogP contribution < -0.4 is 4.72 Å². The maximum Gasteiger partial charge on any atom is 0.241 e. The quantitative estimate of drug-likeness (QED) is 0.256. The maximum absolute atomic E-state index is 13.4. The van der Waals surface area contributed by atoms with Crippen LogP contribution in [0, 0.1) is 0 Å². The summed E-state index contributed by atoms with van der Waals surface area (Å²) in [6.07, 6.45) is 5.98. The predicted molar refractivity (Wildman–Crippen MR) is 146 cm³/mol. The number of benzene rings is 2. The Bertz CT molecular complexity index is 1230. The van der Waals surface area contributed by atoms with Crippen molar-refractivity contribution >= 4 is 33.4 Å². The first kappa shape index (κ1) is 26.9. The van der Waals surface area contributed by atoms with E-state index in [2.05, 4.69) is 31.0 Å². The zero-order valence-corrected chi connectivity index (χ0v) is 22.6. The first-order valence-electron chi connectivity index (χ1n) is 12.2. The molecule has 0 spiro atoms. The molecule has 7 nitrogen and oxygen atoms in total. The average Bonchev–Trinajstić information content (AvgIpc) is 3.30. The summed E-state index contributed by atoms with van der Waals surface area (Å²) >= 11 is 7.54. The SMILES string of the molecule is C=CCSc1nnc([C@@H](Cc2ccccc2)NS(=O)(=O)c2ccc(Cl)cc2)n1CCN1CCCCC1. The Hall–Kier alpha value is -2.17. The van der Waals surface area contributed by atoms with Gasteiger partial charge in [0.05, 0.1) is 10.9 Å². The van der Waals surface area contributed by atoms with Crippen LogP contribution in [0.1, 0.15) is 36.7 Å². The highest BCUT2D eigenvalue weighted by Crippen LogP contribution is 2.26. The highest BCUT2D eigenvalue weighted by molar-refractivity contribution is 7.99. The van der Waals surface area contributed by atoms with Crippen molar-refractivity contribution < 1.29 is 8.42 Å². The molecule has 1 aliphatic heterocycles. The van der Waals surface area contributed by atoms with Crippen LogP contribution in [0.15, 0.2) is 77.3 Å². The van der Waals surface area contributed by atoms with Gasteiger partial charge in [0.2, 0.25) is 10.0 Å². The van der Waals surface area contributed by atoms with Gasteiger partial charge in [-0.1, -0.05) is 66.2 Å². The van der Waals surface area contributed by atoms with Crippen molar-refractivity contribution in [2.75, 3.05) is 25.4 Å². The molecule has 1 saturated heterocycles. The number of sulfonamides is 1. The van der Waals surface area contributed by atoms with E-state index in [0.29, 0.717) is 29.6 Å². The zero-order valence-electron chi connectivity index (χ0n) is 20.2. The number of halogens is 1. The first-order valence-corrected chi connectivity index (χ1v) is 15.0. The van der Waals surface area contributed by atoms with E-state index in [1.54, 1.807) is 23.9 Å². The van der Waals surface area contributed by atoms with Crippen LogP contribution in [-0.2, 0) is 23.0 Å². The third-order valence-electron chi connectivity index (χ3n) is 6.18. The van der Waals surface area contributed by atoms with Crippen molar-refractivity contribution in [2.45, 2.75) is 48.3 Å². The molecular weight excluding hydrogens is 514 g/mol. The highest BCUT2D eigenvalue weighted by Gasteiger charge is 2.28. The van der Waals surface area contributed by atoms with Crippen molar-refractivity contribution in [3.63, 3.8) is 0 Å². The standard InChI is InChI=1S/C26H32ClN5O2S2/c1-2-19-35-26-29-28-25(32(26)18-17-31-15-7-4-8-16-31)24(20-21-9-5-3-6-10-21)30-36(33,34)23-13-11-22(27)12-14-23/h2-3,5-6,9-14,24,30H,1,4,7-8,15-20H2/t24-/m1/s1. The second kappa shape index (κ2) is 12.9. The molecule has 1 aliphatic rings. The van der Waals surface area contributed by atoms with Crippen molar-refractivity contribution in [3.8, 4) is 0 Å². The second-order valence-corrected chi connectivity index (χ2v) is 11.9. The summed E-state index contributed by atoms with van der Waals surface area (Å²) in [5, 5.41) is 10.2. The summed E-state index contributed by atoms with van der Waals surface area (Å²) in [5.41, 5.74) is 1.01. The van der Waals surface area contributed by atoms with Gasteiger partial charge in [-0.05, 0) is 62.2 Å². The van der Waals surface area contributed by atoms with E-state index in [-0.39, 0.29) is 4.90 Å². The van der Waals surface area contributed by atoms with Gasteiger partial charge >= 0.3 is 0 Å². The highest BCUT2D eigenvalue weighted by atomic mass is 35.5. The number of rotatable bonds is 12. The largest absolute Gasteiger partial charge is 0.303 e. The Morgan fingerprint density at radius 1 is 1.03 bits per heavy atom. The topological polar surface area (TPSA) is 80.1 Å². The molecule has 36 heavy (non-hydrogen) atoms. The van der Waals surface area contributed by atoms with Crippen LogP contribution in [-0.4, -0.2) is 53.5 Å². The Balaban J connectivity index is 1.66. The number of likely N-dealkylation sites (tertiary alicyclic amines) is 1. The van der Waals surface area contributed by atoms with Crippen LogP contribution >= 0.6 is 23.4 Å². The molecule has 10 heteroatoms. The molecule has 0 unspecified atom stereocenters. The number of nitrogens with zero attached hydrogens (tertiary/aromatic N) is 4. The van der Waals surface area contributed by atoms with Crippen LogP contribution in [0.4, 0.5) is 0 Å². The molecular formula is C26H32ClN5O2S2. The summed E-state index contributed by atoms with van der Waals surface area (Å²) in [5.74, 6) is 1.31. The minimum absolute atomic E-state index is 0.158. The second-order valence-electron chi connectivity index (χ2n) is 8.81. The number of nitrogens with one attached hydrogen (secondary N) is 1. The lowest BCUT2D eigenvalue weighted by atomic mass is 10.1. The minimum Gasteiger partial charge on any atom is -0.303 e. The Labute approximate surface area is 223 Å². The summed E-state index contributed by atoms with van der Waals surface area (Å²) in [6.45, 7) is 7.56. The fourth-order valence-corrected chi connectivity index (χ4v) is 6.36. The Morgan fingerprint density at radius 2 is 1.75 bits per heavy atom. The van der Waals surface area contributed by atoms with Gasteiger partial charge in [-0.2, -0.15) is 0 Å². The molecule has 0 saturated carbocycles. The zero-order chi connectivity index (χ0) is 25.4. The first-order chi connectivity index (χ1) is 17.5. The minimum atomic E-state index is -3.83. The van der Waals surface area contributed by atoms with Crippen LogP contribution in [0.25, 0.3) is 0 Å². The molecule has 0 bridgehead atoms. The molecule has 1 atom stereocenters.